The van der Waals surface area contributed by atoms with Crippen molar-refractivity contribution in [1.82, 2.24) is 10.2 Å². The van der Waals surface area contributed by atoms with Gasteiger partial charge in [0.15, 0.2) is 0 Å². The topological polar surface area (TPSA) is 50.8 Å². The number of benzene rings is 1. The molecule has 11 heteroatoms. The number of hydrogen-bond acceptors (Lipinski definition) is 4. The van der Waals surface area contributed by atoms with Gasteiger partial charge in [-0.05, 0) is 91.5 Å². The molecule has 1 N–H and O–H groups in total. The Morgan fingerprint density at radius 2 is 1.76 bits per heavy atom. The maximum absolute atomic E-state index is 13.5. The first-order valence-corrected chi connectivity index (χ1v) is 13.8. The van der Waals surface area contributed by atoms with Gasteiger partial charge in [0.2, 0.25) is 0 Å². The highest BCUT2D eigenvalue weighted by Crippen LogP contribution is 2.45. The molecule has 1 amide bonds. The van der Waals surface area contributed by atoms with Crippen molar-refractivity contribution in [2.75, 3.05) is 20.2 Å². The van der Waals surface area contributed by atoms with Crippen LogP contribution in [0.15, 0.2) is 64.6 Å². The first-order chi connectivity index (χ1) is 19.4. The van der Waals surface area contributed by atoms with E-state index >= 15 is 0 Å². The number of cyclic esters (lactones) is 1. The Bertz CT molecular complexity index is 1320. The summed E-state index contributed by atoms with van der Waals surface area (Å²) in [5.41, 5.74) is 1.30. The molecule has 2 heterocycles. The summed E-state index contributed by atoms with van der Waals surface area (Å²) in [5, 5.41) is 3.29. The molecule has 1 aliphatic carbocycles. The molecule has 0 spiro atoms. The summed E-state index contributed by atoms with van der Waals surface area (Å²) < 4.78 is 92.1. The van der Waals surface area contributed by atoms with E-state index in [1.165, 1.54) is 4.90 Å². The molecule has 5 nitrogen and oxygen atoms in total. The number of carbonyl (C=O) groups excluding carboxylic acids is 1. The van der Waals surface area contributed by atoms with Crippen LogP contribution in [0.4, 0.5) is 31.1 Å². The van der Waals surface area contributed by atoms with E-state index in [1.807, 2.05) is 13.0 Å². The second-order valence-corrected chi connectivity index (χ2v) is 12.0. The van der Waals surface area contributed by atoms with Gasteiger partial charge < -0.3 is 14.8 Å². The van der Waals surface area contributed by atoms with Crippen LogP contribution in [0.25, 0.3) is 0 Å². The fourth-order valence-corrected chi connectivity index (χ4v) is 5.88. The van der Waals surface area contributed by atoms with Gasteiger partial charge >= 0.3 is 18.4 Å². The second kappa shape index (κ2) is 11.4. The van der Waals surface area contributed by atoms with Crippen molar-refractivity contribution in [2.24, 2.45) is 5.41 Å². The number of amides is 1. The van der Waals surface area contributed by atoms with Gasteiger partial charge in [-0.3, -0.25) is 4.90 Å². The molecule has 1 fully saturated rings. The van der Waals surface area contributed by atoms with Crippen LogP contribution < -0.4 is 5.32 Å². The van der Waals surface area contributed by atoms with Crippen molar-refractivity contribution in [1.29, 1.82) is 0 Å². The zero-order chi connectivity index (χ0) is 31.2. The summed E-state index contributed by atoms with van der Waals surface area (Å²) in [5.74, 6) is 0.596. The smallest absolute Gasteiger partial charge is 0.416 e. The van der Waals surface area contributed by atoms with Gasteiger partial charge in [0.05, 0.1) is 24.3 Å². The van der Waals surface area contributed by atoms with Crippen LogP contribution in [0.1, 0.15) is 76.2 Å². The minimum absolute atomic E-state index is 0.0651. The molecule has 1 saturated heterocycles. The standard InChI is InChI=1S/C31H36F6N2O3/c1-17(26(41-6)13-20-8-10-38-18(20)2)25-7-9-29(4,5)15-22(25)16-39-19(3)27(42-28(39)40)21-11-23(30(32,33)34)14-24(12-21)31(35,36)37/h11-14,19,27,38H,1,7-10,15-16H2,2-6H3/b26-13+/t19-,27-/m0/s1. The summed E-state index contributed by atoms with van der Waals surface area (Å²) in [6.07, 6.45) is -7.20. The van der Waals surface area contributed by atoms with Crippen LogP contribution in [-0.4, -0.2) is 37.2 Å². The van der Waals surface area contributed by atoms with Crippen molar-refractivity contribution in [3.8, 4) is 0 Å². The van der Waals surface area contributed by atoms with E-state index in [9.17, 15) is 31.1 Å². The molecule has 0 radical (unpaired) electrons. The van der Waals surface area contributed by atoms with E-state index in [-0.39, 0.29) is 23.6 Å². The molecular weight excluding hydrogens is 562 g/mol. The zero-order valence-corrected chi connectivity index (χ0v) is 24.4. The third kappa shape index (κ3) is 6.65. The van der Waals surface area contributed by atoms with Crippen LogP contribution >= 0.6 is 0 Å². The average Bonchev–Trinajstić information content (AvgIpc) is 3.42. The predicted octanol–water partition coefficient (Wildman–Crippen LogP) is 8.47. The number of rotatable bonds is 7. The molecule has 4 rings (SSSR count). The second-order valence-electron chi connectivity index (χ2n) is 12.0. The number of allylic oxidation sites excluding steroid dienone is 3. The zero-order valence-electron chi connectivity index (χ0n) is 24.4. The van der Waals surface area contributed by atoms with E-state index in [2.05, 4.69) is 25.7 Å². The summed E-state index contributed by atoms with van der Waals surface area (Å²) >= 11 is 0. The number of halogens is 6. The highest BCUT2D eigenvalue weighted by molar-refractivity contribution is 5.71. The normalized spacial score (nSPS) is 23.4. The van der Waals surface area contributed by atoms with Crippen molar-refractivity contribution in [2.45, 2.75) is 77.9 Å². The molecule has 2 atom stereocenters. The number of alkyl halides is 6. The van der Waals surface area contributed by atoms with Crippen molar-refractivity contribution in [3.05, 3.63) is 81.3 Å². The van der Waals surface area contributed by atoms with Gasteiger partial charge in [0, 0.05) is 24.4 Å². The number of ether oxygens (including phenoxy) is 2. The van der Waals surface area contributed by atoms with Gasteiger partial charge in [0.1, 0.15) is 11.9 Å². The van der Waals surface area contributed by atoms with Gasteiger partial charge in [-0.2, -0.15) is 26.3 Å². The molecule has 3 aliphatic rings. The number of nitrogens with zero attached hydrogens (tertiary/aromatic N) is 1. The molecule has 2 aliphatic heterocycles. The van der Waals surface area contributed by atoms with E-state index in [0.717, 1.165) is 41.8 Å². The molecule has 0 bridgehead atoms. The minimum atomic E-state index is -5.01. The summed E-state index contributed by atoms with van der Waals surface area (Å²) in [6, 6.07) is 0.473. The number of nitrogens with one attached hydrogen (secondary N) is 1. The van der Waals surface area contributed by atoms with E-state index in [4.69, 9.17) is 9.47 Å². The lowest BCUT2D eigenvalue weighted by atomic mass is 9.72. The Balaban J connectivity index is 1.68. The fraction of sp³-hybridized carbons (Fsp3) is 0.516. The molecule has 0 unspecified atom stereocenters. The largest absolute Gasteiger partial charge is 0.496 e. The third-order valence-electron chi connectivity index (χ3n) is 8.32. The molecular formula is C31H36F6N2O3. The van der Waals surface area contributed by atoms with Crippen molar-refractivity contribution >= 4 is 6.09 Å². The maximum Gasteiger partial charge on any atom is 0.416 e. The molecule has 0 saturated carbocycles. The molecule has 0 aromatic heterocycles. The Hall–Kier alpha value is -3.37. The monoisotopic (exact) mass is 598 g/mol. The number of methoxy groups -OCH3 is 1. The maximum atomic E-state index is 13.5. The molecule has 230 valence electrons. The summed E-state index contributed by atoms with van der Waals surface area (Å²) in [7, 11) is 1.57. The van der Waals surface area contributed by atoms with Crippen LogP contribution in [0.2, 0.25) is 0 Å². The first-order valence-electron chi connectivity index (χ1n) is 13.8. The van der Waals surface area contributed by atoms with Gasteiger partial charge in [-0.1, -0.05) is 20.4 Å². The van der Waals surface area contributed by atoms with Crippen LogP contribution in [0, 0.1) is 5.41 Å². The lowest BCUT2D eigenvalue weighted by Gasteiger charge is -2.36. The highest BCUT2D eigenvalue weighted by atomic mass is 19.4. The minimum Gasteiger partial charge on any atom is -0.496 e. The van der Waals surface area contributed by atoms with E-state index in [1.54, 1.807) is 14.0 Å². The van der Waals surface area contributed by atoms with Crippen molar-refractivity contribution < 1.29 is 40.6 Å². The summed E-state index contributed by atoms with van der Waals surface area (Å²) in [6.45, 7) is 13.0. The Morgan fingerprint density at radius 3 is 2.29 bits per heavy atom. The van der Waals surface area contributed by atoms with E-state index in [0.29, 0.717) is 36.3 Å². The molecule has 42 heavy (non-hydrogen) atoms. The molecule has 1 aromatic rings. The van der Waals surface area contributed by atoms with Gasteiger partial charge in [0.25, 0.3) is 0 Å². The van der Waals surface area contributed by atoms with Gasteiger partial charge in [-0.25, -0.2) is 4.79 Å². The number of carbonyl (C=O) groups is 1. The van der Waals surface area contributed by atoms with E-state index < -0.39 is 41.7 Å². The van der Waals surface area contributed by atoms with Crippen LogP contribution in [-0.2, 0) is 21.8 Å². The van der Waals surface area contributed by atoms with Gasteiger partial charge in [-0.15, -0.1) is 0 Å². The SMILES string of the molecule is C=C(C1=C(CN2C(=O)O[C@H](c3cc(C(F)(F)F)cc(C(F)(F)F)c3)[C@@H]2C)CC(C)(C)CC1)/C(=C\C1=C(C)NCC1)OC. The first kappa shape index (κ1) is 31.6. The Morgan fingerprint density at radius 1 is 1.14 bits per heavy atom. The predicted molar refractivity (Wildman–Crippen MR) is 146 cm³/mol. The number of hydrogen-bond donors (Lipinski definition) is 1. The lowest BCUT2D eigenvalue weighted by Crippen LogP contribution is -2.36. The quantitative estimate of drug-likeness (QED) is 0.194. The third-order valence-corrected chi connectivity index (χ3v) is 8.32. The Labute approximate surface area is 241 Å². The Kier molecular flexibility index (Phi) is 8.55. The lowest BCUT2D eigenvalue weighted by molar-refractivity contribution is -0.143. The molecule has 1 aromatic carbocycles. The average molecular weight is 599 g/mol. The fourth-order valence-electron chi connectivity index (χ4n) is 5.88. The highest BCUT2D eigenvalue weighted by Gasteiger charge is 2.44. The van der Waals surface area contributed by atoms with Crippen LogP contribution in [0.5, 0.6) is 0 Å². The summed E-state index contributed by atoms with van der Waals surface area (Å²) in [4.78, 5) is 14.4. The van der Waals surface area contributed by atoms with Crippen LogP contribution in [0.3, 0.4) is 0 Å². The van der Waals surface area contributed by atoms with Crippen molar-refractivity contribution in [3.63, 3.8) is 0 Å².